The molecule has 1 saturated heterocycles. The van der Waals surface area contributed by atoms with Crippen LogP contribution in [0.1, 0.15) is 13.3 Å². The minimum Gasteiger partial charge on any atom is -0.389 e. The monoisotopic (exact) mass is 173 g/mol. The molecule has 4 nitrogen and oxygen atoms in total. The predicted octanol–water partition coefficient (Wildman–Crippen LogP) is -0.385. The van der Waals surface area contributed by atoms with E-state index in [9.17, 15) is 9.90 Å². The Morgan fingerprint density at radius 1 is 1.67 bits per heavy atom. The summed E-state index contributed by atoms with van der Waals surface area (Å²) in [5, 5.41) is 9.47. The standard InChI is InChI=1S/C8H15NO3/c1-6(10)9(2)7-3-4-12-5-8(7)11/h7-8,11H,3-5H2,1-2H3. The van der Waals surface area contributed by atoms with E-state index in [1.807, 2.05) is 0 Å². The highest BCUT2D eigenvalue weighted by Gasteiger charge is 2.28. The molecule has 1 aliphatic rings. The first kappa shape index (κ1) is 9.48. The lowest BCUT2D eigenvalue weighted by atomic mass is 10.1. The molecule has 0 aromatic heterocycles. The van der Waals surface area contributed by atoms with Crippen molar-refractivity contribution in [3.05, 3.63) is 0 Å². The van der Waals surface area contributed by atoms with Crippen LogP contribution in [0.15, 0.2) is 0 Å². The fourth-order valence-corrected chi connectivity index (χ4v) is 1.40. The third-order valence-corrected chi connectivity index (χ3v) is 2.28. The van der Waals surface area contributed by atoms with Gasteiger partial charge in [-0.2, -0.15) is 0 Å². The van der Waals surface area contributed by atoms with Crippen molar-refractivity contribution in [2.45, 2.75) is 25.5 Å². The van der Waals surface area contributed by atoms with Gasteiger partial charge < -0.3 is 14.7 Å². The van der Waals surface area contributed by atoms with Crippen LogP contribution in [0, 0.1) is 0 Å². The van der Waals surface area contributed by atoms with Gasteiger partial charge in [-0.3, -0.25) is 4.79 Å². The van der Waals surface area contributed by atoms with Gasteiger partial charge in [0.2, 0.25) is 5.91 Å². The molecule has 0 aromatic rings. The Labute approximate surface area is 72.1 Å². The van der Waals surface area contributed by atoms with Crippen LogP contribution >= 0.6 is 0 Å². The smallest absolute Gasteiger partial charge is 0.219 e. The summed E-state index contributed by atoms with van der Waals surface area (Å²) in [7, 11) is 1.71. The average molecular weight is 173 g/mol. The summed E-state index contributed by atoms with van der Waals surface area (Å²) in [5.74, 6) is -0.0130. The average Bonchev–Trinajstić information content (AvgIpc) is 2.04. The Bertz CT molecular complexity index is 172. The first-order chi connectivity index (χ1) is 5.63. The number of amides is 1. The molecule has 1 aliphatic heterocycles. The Balaban J connectivity index is 2.53. The molecule has 1 rings (SSSR count). The van der Waals surface area contributed by atoms with Gasteiger partial charge in [0.15, 0.2) is 0 Å². The molecular weight excluding hydrogens is 158 g/mol. The summed E-state index contributed by atoms with van der Waals surface area (Å²) in [6, 6.07) is -0.0729. The zero-order chi connectivity index (χ0) is 9.14. The van der Waals surface area contributed by atoms with E-state index in [1.54, 1.807) is 11.9 Å². The third-order valence-electron chi connectivity index (χ3n) is 2.28. The van der Waals surface area contributed by atoms with Gasteiger partial charge in [-0.25, -0.2) is 0 Å². The third kappa shape index (κ3) is 1.95. The molecule has 2 unspecified atom stereocenters. The minimum absolute atomic E-state index is 0.0130. The zero-order valence-electron chi connectivity index (χ0n) is 7.49. The number of nitrogens with zero attached hydrogens (tertiary/aromatic N) is 1. The number of hydrogen-bond donors (Lipinski definition) is 1. The van der Waals surface area contributed by atoms with Crippen molar-refractivity contribution in [2.24, 2.45) is 0 Å². The number of ether oxygens (including phenoxy) is 1. The lowest BCUT2D eigenvalue weighted by Crippen LogP contribution is -2.48. The Hall–Kier alpha value is -0.610. The van der Waals surface area contributed by atoms with Gasteiger partial charge in [0.05, 0.1) is 18.8 Å². The van der Waals surface area contributed by atoms with Gasteiger partial charge in [0, 0.05) is 20.6 Å². The molecule has 12 heavy (non-hydrogen) atoms. The Morgan fingerprint density at radius 2 is 2.33 bits per heavy atom. The fourth-order valence-electron chi connectivity index (χ4n) is 1.40. The molecule has 0 spiro atoms. The van der Waals surface area contributed by atoms with Crippen LogP contribution < -0.4 is 0 Å². The second-order valence-electron chi connectivity index (χ2n) is 3.13. The molecule has 1 amide bonds. The SMILES string of the molecule is CC(=O)N(C)C1CCOCC1O. The number of carbonyl (C=O) groups is 1. The van der Waals surface area contributed by atoms with Crippen LogP contribution in [0.4, 0.5) is 0 Å². The van der Waals surface area contributed by atoms with Gasteiger partial charge in [0.25, 0.3) is 0 Å². The molecule has 0 aromatic carbocycles. The topological polar surface area (TPSA) is 49.8 Å². The summed E-state index contributed by atoms with van der Waals surface area (Å²) in [5.41, 5.74) is 0. The molecule has 0 bridgehead atoms. The quantitative estimate of drug-likeness (QED) is 0.587. The summed E-state index contributed by atoms with van der Waals surface area (Å²) >= 11 is 0. The fraction of sp³-hybridized carbons (Fsp3) is 0.875. The van der Waals surface area contributed by atoms with E-state index in [1.165, 1.54) is 6.92 Å². The van der Waals surface area contributed by atoms with E-state index < -0.39 is 6.10 Å². The number of aliphatic hydroxyl groups excluding tert-OH is 1. The van der Waals surface area contributed by atoms with E-state index in [0.717, 1.165) is 6.42 Å². The molecule has 1 heterocycles. The van der Waals surface area contributed by atoms with E-state index in [2.05, 4.69) is 0 Å². The van der Waals surface area contributed by atoms with Gasteiger partial charge in [0.1, 0.15) is 0 Å². The molecule has 0 saturated carbocycles. The predicted molar refractivity (Wildman–Crippen MR) is 43.7 cm³/mol. The van der Waals surface area contributed by atoms with Gasteiger partial charge in [-0.1, -0.05) is 0 Å². The molecule has 2 atom stereocenters. The largest absolute Gasteiger partial charge is 0.389 e. The van der Waals surface area contributed by atoms with Gasteiger partial charge in [-0.15, -0.1) is 0 Å². The molecule has 70 valence electrons. The van der Waals surface area contributed by atoms with Crippen LogP contribution in [0.3, 0.4) is 0 Å². The number of likely N-dealkylation sites (N-methyl/N-ethyl adjacent to an activating group) is 1. The van der Waals surface area contributed by atoms with Crippen molar-refractivity contribution in [1.82, 2.24) is 4.90 Å². The zero-order valence-corrected chi connectivity index (χ0v) is 7.49. The number of aliphatic hydroxyl groups is 1. The second-order valence-corrected chi connectivity index (χ2v) is 3.13. The van der Waals surface area contributed by atoms with E-state index in [-0.39, 0.29) is 11.9 Å². The van der Waals surface area contributed by atoms with Crippen LogP contribution in [-0.4, -0.2) is 48.3 Å². The number of rotatable bonds is 1. The van der Waals surface area contributed by atoms with Crippen LogP contribution in [0.25, 0.3) is 0 Å². The second kappa shape index (κ2) is 3.87. The number of hydrogen-bond acceptors (Lipinski definition) is 3. The van der Waals surface area contributed by atoms with Crippen molar-refractivity contribution in [1.29, 1.82) is 0 Å². The van der Waals surface area contributed by atoms with Crippen molar-refractivity contribution in [2.75, 3.05) is 20.3 Å². The summed E-state index contributed by atoms with van der Waals surface area (Å²) in [6.45, 7) is 2.46. The van der Waals surface area contributed by atoms with Crippen molar-refractivity contribution in [3.8, 4) is 0 Å². The lowest BCUT2D eigenvalue weighted by molar-refractivity contribution is -0.136. The highest BCUT2D eigenvalue weighted by molar-refractivity contribution is 5.73. The molecule has 4 heteroatoms. The van der Waals surface area contributed by atoms with Crippen LogP contribution in [-0.2, 0) is 9.53 Å². The maximum absolute atomic E-state index is 11.0. The van der Waals surface area contributed by atoms with Crippen molar-refractivity contribution >= 4 is 5.91 Å². The summed E-state index contributed by atoms with van der Waals surface area (Å²) in [4.78, 5) is 12.5. The highest BCUT2D eigenvalue weighted by Crippen LogP contribution is 2.13. The molecule has 1 N–H and O–H groups in total. The van der Waals surface area contributed by atoms with Crippen molar-refractivity contribution in [3.63, 3.8) is 0 Å². The number of carbonyl (C=O) groups excluding carboxylic acids is 1. The summed E-state index contributed by atoms with van der Waals surface area (Å²) in [6.07, 6.45) is 0.185. The Morgan fingerprint density at radius 3 is 2.83 bits per heavy atom. The Kier molecular flexibility index (Phi) is 3.05. The maximum atomic E-state index is 11.0. The van der Waals surface area contributed by atoms with E-state index in [0.29, 0.717) is 13.2 Å². The highest BCUT2D eigenvalue weighted by atomic mass is 16.5. The van der Waals surface area contributed by atoms with Crippen molar-refractivity contribution < 1.29 is 14.6 Å². The molecule has 0 radical (unpaired) electrons. The van der Waals surface area contributed by atoms with Crippen LogP contribution in [0.2, 0.25) is 0 Å². The summed E-state index contributed by atoms with van der Waals surface area (Å²) < 4.78 is 5.05. The molecule has 1 fully saturated rings. The van der Waals surface area contributed by atoms with E-state index >= 15 is 0 Å². The first-order valence-corrected chi connectivity index (χ1v) is 4.12. The van der Waals surface area contributed by atoms with Gasteiger partial charge >= 0.3 is 0 Å². The molecular formula is C8H15NO3. The maximum Gasteiger partial charge on any atom is 0.219 e. The van der Waals surface area contributed by atoms with Gasteiger partial charge in [-0.05, 0) is 6.42 Å². The normalized spacial score (nSPS) is 29.9. The van der Waals surface area contributed by atoms with E-state index in [4.69, 9.17) is 4.74 Å². The first-order valence-electron chi connectivity index (χ1n) is 4.12. The molecule has 0 aliphatic carbocycles. The minimum atomic E-state index is -0.535. The van der Waals surface area contributed by atoms with Crippen LogP contribution in [0.5, 0.6) is 0 Å². The lowest BCUT2D eigenvalue weighted by Gasteiger charge is -2.34.